The van der Waals surface area contributed by atoms with Crippen molar-refractivity contribution in [2.45, 2.75) is 12.0 Å². The van der Waals surface area contributed by atoms with Gasteiger partial charge in [-0.15, -0.1) is 0 Å². The van der Waals surface area contributed by atoms with E-state index in [9.17, 15) is 0 Å². The maximum Gasteiger partial charge on any atom is 0.157 e. The number of rotatable bonds is 6. The lowest BCUT2D eigenvalue weighted by atomic mass is 9.70. The van der Waals surface area contributed by atoms with Crippen LogP contribution in [0.1, 0.15) is 50.1 Å². The van der Waals surface area contributed by atoms with Crippen molar-refractivity contribution in [2.24, 2.45) is 26.4 Å². The maximum absolute atomic E-state index is 9.04. The number of nitrogens with two attached hydrogens (primary N) is 2. The molecule has 0 atom stereocenters. The van der Waals surface area contributed by atoms with E-state index in [4.69, 9.17) is 26.9 Å². The van der Waals surface area contributed by atoms with Gasteiger partial charge >= 0.3 is 0 Å². The average molecular weight is 697 g/mol. The molecule has 6 heteroatoms. The van der Waals surface area contributed by atoms with Gasteiger partial charge in [0.25, 0.3) is 0 Å². The predicted octanol–water partition coefficient (Wildman–Crippen LogP) is 9.11. The number of benzene rings is 7. The Morgan fingerprint density at radius 3 is 1.52 bits per heavy atom. The molecular weight excluding hydrogens is 661 g/mol. The molecule has 6 nitrogen and oxygen atoms in total. The second kappa shape index (κ2) is 13.4. The van der Waals surface area contributed by atoms with E-state index in [1.165, 1.54) is 22.3 Å². The van der Waals surface area contributed by atoms with Gasteiger partial charge in [0.1, 0.15) is 11.7 Å². The van der Waals surface area contributed by atoms with E-state index in [0.29, 0.717) is 29.6 Å². The first-order valence-electron chi connectivity index (χ1n) is 18.0. The molecule has 0 fully saturated rings. The number of aliphatic imine (C=N–C) groups is 3. The van der Waals surface area contributed by atoms with Crippen LogP contribution in [0.5, 0.6) is 0 Å². The van der Waals surface area contributed by atoms with Gasteiger partial charge in [-0.05, 0) is 62.2 Å². The predicted molar refractivity (Wildman–Crippen MR) is 221 cm³/mol. The van der Waals surface area contributed by atoms with Crippen LogP contribution < -0.4 is 11.5 Å². The van der Waals surface area contributed by atoms with Crippen molar-refractivity contribution in [1.29, 1.82) is 5.41 Å². The summed E-state index contributed by atoms with van der Waals surface area (Å²) >= 11 is 0. The minimum Gasteiger partial charge on any atom is -0.383 e. The zero-order valence-electron chi connectivity index (χ0n) is 29.4. The standard InChI is InChI=1S/C48H36N6/c49-44(32-16-6-2-7-17-32)53-45(50)34-24-26-42-38(28-34)39-29-35(46(51)54-47(33-18-8-3-9-19-33)52-30-31-14-4-1-5-15-31)25-27-43(39)48(42)40-22-12-10-20-36(40)37-21-11-13-23-41(37)48/h1-29H,30H2,(H3,49,50,53)(H2,51,52,54). The zero-order chi connectivity index (χ0) is 36.6. The van der Waals surface area contributed by atoms with Crippen LogP contribution in [0.2, 0.25) is 0 Å². The first kappa shape index (κ1) is 32.7. The van der Waals surface area contributed by atoms with Crippen molar-refractivity contribution in [3.05, 3.63) is 226 Å². The summed E-state index contributed by atoms with van der Waals surface area (Å²) in [4.78, 5) is 14.4. The number of fused-ring (bicyclic) bond motifs is 10. The summed E-state index contributed by atoms with van der Waals surface area (Å²) < 4.78 is 0. The lowest BCUT2D eigenvalue weighted by molar-refractivity contribution is 0.793. The summed E-state index contributed by atoms with van der Waals surface area (Å²) in [7, 11) is 0. The molecule has 2 aliphatic rings. The molecule has 0 amide bonds. The van der Waals surface area contributed by atoms with Crippen LogP contribution >= 0.6 is 0 Å². The van der Waals surface area contributed by atoms with Crippen LogP contribution in [0.15, 0.2) is 191 Å². The van der Waals surface area contributed by atoms with Crippen molar-refractivity contribution >= 4 is 23.3 Å². The highest BCUT2D eigenvalue weighted by molar-refractivity contribution is 6.13. The second-order valence-electron chi connectivity index (χ2n) is 13.6. The topological polar surface area (TPSA) is 113 Å². The van der Waals surface area contributed by atoms with Gasteiger partial charge in [0.2, 0.25) is 0 Å². The Morgan fingerprint density at radius 2 is 0.907 bits per heavy atom. The van der Waals surface area contributed by atoms with E-state index in [1.54, 1.807) is 0 Å². The highest BCUT2D eigenvalue weighted by atomic mass is 15.0. The molecule has 0 saturated carbocycles. The minimum absolute atomic E-state index is 0.0910. The molecule has 0 aromatic heterocycles. The van der Waals surface area contributed by atoms with Crippen LogP contribution in [0, 0.1) is 5.41 Å². The molecule has 0 heterocycles. The minimum atomic E-state index is -0.554. The number of hydrogen-bond acceptors (Lipinski definition) is 2. The quantitative estimate of drug-likeness (QED) is 0.119. The number of amidine groups is 4. The molecule has 258 valence electrons. The molecular formula is C48H36N6. The highest BCUT2D eigenvalue weighted by Gasteiger charge is 2.51. The molecule has 7 aromatic carbocycles. The van der Waals surface area contributed by atoms with E-state index in [2.05, 4.69) is 96.0 Å². The molecule has 0 saturated heterocycles. The van der Waals surface area contributed by atoms with Crippen LogP contribution in [-0.2, 0) is 12.0 Å². The lowest BCUT2D eigenvalue weighted by Crippen LogP contribution is -2.26. The fourth-order valence-corrected chi connectivity index (χ4v) is 8.02. The van der Waals surface area contributed by atoms with Gasteiger partial charge in [-0.1, -0.05) is 164 Å². The van der Waals surface area contributed by atoms with Crippen molar-refractivity contribution in [3.8, 4) is 22.3 Å². The molecule has 5 N–H and O–H groups in total. The molecule has 54 heavy (non-hydrogen) atoms. The normalized spacial score (nSPS) is 14.0. The van der Waals surface area contributed by atoms with Crippen LogP contribution in [0.25, 0.3) is 22.3 Å². The van der Waals surface area contributed by atoms with E-state index >= 15 is 0 Å². The van der Waals surface area contributed by atoms with Crippen LogP contribution in [-0.4, -0.2) is 23.3 Å². The molecule has 0 unspecified atom stereocenters. The molecule has 0 radical (unpaired) electrons. The van der Waals surface area contributed by atoms with Gasteiger partial charge in [0, 0.05) is 22.3 Å². The first-order valence-corrected chi connectivity index (χ1v) is 18.0. The van der Waals surface area contributed by atoms with E-state index in [1.807, 2.05) is 84.9 Å². The average Bonchev–Trinajstić information content (AvgIpc) is 3.70. The molecule has 0 bridgehead atoms. The molecule has 2 aliphatic carbocycles. The summed E-state index contributed by atoms with van der Waals surface area (Å²) in [5, 5.41) is 9.04. The van der Waals surface area contributed by atoms with Gasteiger partial charge in [0.05, 0.1) is 12.0 Å². The zero-order valence-corrected chi connectivity index (χ0v) is 29.4. The number of nitrogens with zero attached hydrogens (tertiary/aromatic N) is 3. The summed E-state index contributed by atoms with van der Waals surface area (Å²) in [5.74, 6) is 1.32. The van der Waals surface area contributed by atoms with Crippen molar-refractivity contribution in [3.63, 3.8) is 0 Å². The van der Waals surface area contributed by atoms with E-state index in [-0.39, 0.29) is 5.84 Å². The Kier molecular flexibility index (Phi) is 8.13. The Morgan fingerprint density at radius 1 is 0.444 bits per heavy atom. The summed E-state index contributed by atoms with van der Waals surface area (Å²) in [6, 6.07) is 59.6. The number of hydrogen-bond donors (Lipinski definition) is 3. The summed E-state index contributed by atoms with van der Waals surface area (Å²) in [6.07, 6.45) is 0. The fraction of sp³-hybridized carbons (Fsp3) is 0.0417. The smallest absolute Gasteiger partial charge is 0.157 e. The molecule has 1 spiro atoms. The van der Waals surface area contributed by atoms with Gasteiger partial charge in [-0.3, -0.25) is 10.4 Å². The Labute approximate surface area is 314 Å². The number of nitrogens with one attached hydrogen (secondary N) is 1. The third-order valence-electron chi connectivity index (χ3n) is 10.5. The molecule has 0 aliphatic heterocycles. The third-order valence-corrected chi connectivity index (χ3v) is 10.5. The molecule has 9 rings (SSSR count). The van der Waals surface area contributed by atoms with E-state index in [0.717, 1.165) is 44.5 Å². The Hall–Kier alpha value is -7.18. The maximum atomic E-state index is 9.04. The second-order valence-corrected chi connectivity index (χ2v) is 13.6. The monoisotopic (exact) mass is 696 g/mol. The van der Waals surface area contributed by atoms with Gasteiger partial charge in [-0.25, -0.2) is 9.98 Å². The largest absolute Gasteiger partial charge is 0.383 e. The summed E-state index contributed by atoms with van der Waals surface area (Å²) in [6.45, 7) is 0.479. The molecule has 7 aromatic rings. The van der Waals surface area contributed by atoms with Crippen molar-refractivity contribution < 1.29 is 0 Å². The third kappa shape index (κ3) is 5.44. The van der Waals surface area contributed by atoms with Crippen LogP contribution in [0.4, 0.5) is 0 Å². The Balaban J connectivity index is 1.21. The first-order chi connectivity index (χ1) is 26.5. The van der Waals surface area contributed by atoms with Crippen molar-refractivity contribution in [2.75, 3.05) is 0 Å². The van der Waals surface area contributed by atoms with Gasteiger partial charge < -0.3 is 11.5 Å². The summed E-state index contributed by atoms with van der Waals surface area (Å²) in [5.41, 5.74) is 26.2. The Bertz CT molecular complexity index is 2610. The van der Waals surface area contributed by atoms with E-state index < -0.39 is 5.41 Å². The van der Waals surface area contributed by atoms with Gasteiger partial charge in [0.15, 0.2) is 11.7 Å². The fourth-order valence-electron chi connectivity index (χ4n) is 8.02. The van der Waals surface area contributed by atoms with Gasteiger partial charge in [-0.2, -0.15) is 0 Å². The van der Waals surface area contributed by atoms with Crippen molar-refractivity contribution in [1.82, 2.24) is 0 Å². The highest BCUT2D eigenvalue weighted by Crippen LogP contribution is 2.62. The van der Waals surface area contributed by atoms with Crippen LogP contribution in [0.3, 0.4) is 0 Å². The lowest BCUT2D eigenvalue weighted by Gasteiger charge is -2.30. The SMILES string of the molecule is N=C(N=C(N)c1ccccc1)c1ccc2c(c1)-c1cc(C(N)=NC(=NCc3ccccc3)c3ccccc3)ccc1C21c2ccccc2-c2ccccc21.